The van der Waals surface area contributed by atoms with Gasteiger partial charge in [-0.1, -0.05) is 24.6 Å². The number of fused-ring (bicyclic) bond motifs is 1. The number of hydrogen-bond donors (Lipinski definition) is 0. The highest BCUT2D eigenvalue weighted by Crippen LogP contribution is 2.37. The predicted octanol–water partition coefficient (Wildman–Crippen LogP) is 6.18. The molecular weight excluding hydrogens is 450 g/mol. The lowest BCUT2D eigenvalue weighted by Gasteiger charge is -2.38. The van der Waals surface area contributed by atoms with Crippen molar-refractivity contribution < 1.29 is 27.1 Å². The lowest BCUT2D eigenvalue weighted by atomic mass is 9.99. The molecule has 176 valence electrons. The van der Waals surface area contributed by atoms with E-state index in [0.717, 1.165) is 18.0 Å². The number of nitrogens with zero attached hydrogens (tertiary/aromatic N) is 3. The third-order valence-electron chi connectivity index (χ3n) is 5.29. The summed E-state index contributed by atoms with van der Waals surface area (Å²) in [6.07, 6.45) is -4.05. The number of halogens is 5. The van der Waals surface area contributed by atoms with E-state index < -0.39 is 35.3 Å². The Morgan fingerprint density at radius 3 is 2.50 bits per heavy atom. The molecular formula is C22H26ClF4N3O2. The number of amides is 1. The lowest BCUT2D eigenvalue weighted by Crippen LogP contribution is -2.45. The van der Waals surface area contributed by atoms with Gasteiger partial charge in [0.15, 0.2) is 5.15 Å². The molecule has 1 aliphatic rings. The van der Waals surface area contributed by atoms with Crippen LogP contribution >= 0.6 is 11.6 Å². The highest BCUT2D eigenvalue weighted by Gasteiger charge is 2.37. The van der Waals surface area contributed by atoms with Gasteiger partial charge < -0.3 is 9.30 Å². The molecule has 1 aromatic heterocycles. The van der Waals surface area contributed by atoms with Gasteiger partial charge in [-0.3, -0.25) is 4.90 Å². The summed E-state index contributed by atoms with van der Waals surface area (Å²) < 4.78 is 60.1. The Labute approximate surface area is 189 Å². The second-order valence-corrected chi connectivity index (χ2v) is 9.11. The number of alkyl halides is 3. The Kier molecular flexibility index (Phi) is 6.79. The van der Waals surface area contributed by atoms with E-state index in [1.807, 2.05) is 11.5 Å². The average Bonchev–Trinajstić information content (AvgIpc) is 3.00. The standard InChI is InChI=1S/C22H26ClF4N3O2/c1-5-17-28-19(23)18-16(29(10-11-30(17)18)20(31)32-21(2,3)4)9-7-13-6-8-14(15(24)12-13)22(25,26)27/h6,8,12,16H,5,7,9-11H2,1-4H3. The Hall–Kier alpha value is -2.29. The summed E-state index contributed by atoms with van der Waals surface area (Å²) in [6, 6.07) is 2.37. The topological polar surface area (TPSA) is 47.4 Å². The van der Waals surface area contributed by atoms with Crippen LogP contribution in [0.15, 0.2) is 18.2 Å². The zero-order chi connectivity index (χ0) is 23.8. The molecule has 2 aromatic rings. The second kappa shape index (κ2) is 8.92. The summed E-state index contributed by atoms with van der Waals surface area (Å²) in [5.41, 5.74) is -0.951. The van der Waals surface area contributed by atoms with Crippen molar-refractivity contribution in [2.75, 3.05) is 6.54 Å². The predicted molar refractivity (Wildman–Crippen MR) is 112 cm³/mol. The molecule has 0 fully saturated rings. The smallest absolute Gasteiger partial charge is 0.419 e. The number of aryl methyl sites for hydroxylation is 2. The van der Waals surface area contributed by atoms with Crippen molar-refractivity contribution >= 4 is 17.7 Å². The van der Waals surface area contributed by atoms with Gasteiger partial charge in [0.1, 0.15) is 17.2 Å². The Bertz CT molecular complexity index is 998. The molecule has 32 heavy (non-hydrogen) atoms. The van der Waals surface area contributed by atoms with E-state index in [0.29, 0.717) is 37.2 Å². The molecule has 10 heteroatoms. The minimum absolute atomic E-state index is 0.238. The average molecular weight is 476 g/mol. The number of aromatic nitrogens is 2. The van der Waals surface area contributed by atoms with Gasteiger partial charge in [-0.25, -0.2) is 14.2 Å². The minimum Gasteiger partial charge on any atom is -0.444 e. The van der Waals surface area contributed by atoms with Crippen LogP contribution in [0.2, 0.25) is 5.15 Å². The number of carbonyl (C=O) groups excluding carboxylic acids is 1. The maximum Gasteiger partial charge on any atom is 0.419 e. The first-order valence-electron chi connectivity index (χ1n) is 10.4. The maximum absolute atomic E-state index is 14.0. The van der Waals surface area contributed by atoms with E-state index in [-0.39, 0.29) is 11.6 Å². The molecule has 0 aliphatic carbocycles. The monoisotopic (exact) mass is 475 g/mol. The number of rotatable bonds is 4. The first kappa shape index (κ1) is 24.4. The van der Waals surface area contributed by atoms with Crippen LogP contribution in [-0.2, 0) is 30.3 Å². The fourth-order valence-electron chi connectivity index (χ4n) is 3.91. The fourth-order valence-corrected chi connectivity index (χ4v) is 4.23. The molecule has 1 aromatic carbocycles. The van der Waals surface area contributed by atoms with Gasteiger partial charge in [-0.2, -0.15) is 13.2 Å². The number of carbonyl (C=O) groups is 1. The molecule has 0 N–H and O–H groups in total. The molecule has 1 atom stereocenters. The van der Waals surface area contributed by atoms with Gasteiger partial charge in [0.05, 0.1) is 17.3 Å². The normalized spacial score (nSPS) is 16.8. The first-order chi connectivity index (χ1) is 14.8. The summed E-state index contributed by atoms with van der Waals surface area (Å²) in [6.45, 7) is 8.12. The largest absolute Gasteiger partial charge is 0.444 e. The zero-order valence-corrected chi connectivity index (χ0v) is 19.1. The van der Waals surface area contributed by atoms with Crippen LogP contribution in [0.25, 0.3) is 0 Å². The summed E-state index contributed by atoms with van der Waals surface area (Å²) >= 11 is 6.42. The van der Waals surface area contributed by atoms with Crippen molar-refractivity contribution in [3.05, 3.63) is 51.8 Å². The fraction of sp³-hybridized carbons (Fsp3) is 0.545. The van der Waals surface area contributed by atoms with Crippen molar-refractivity contribution in [3.8, 4) is 0 Å². The highest BCUT2D eigenvalue weighted by molar-refractivity contribution is 6.30. The van der Waals surface area contributed by atoms with Crippen molar-refractivity contribution in [1.82, 2.24) is 14.5 Å². The van der Waals surface area contributed by atoms with Gasteiger partial charge in [0, 0.05) is 19.5 Å². The molecule has 1 aliphatic heterocycles. The first-order valence-corrected chi connectivity index (χ1v) is 10.8. The van der Waals surface area contributed by atoms with Crippen molar-refractivity contribution in [3.63, 3.8) is 0 Å². The molecule has 1 amide bonds. The number of hydrogen-bond acceptors (Lipinski definition) is 3. The Balaban J connectivity index is 1.90. The number of benzene rings is 1. The number of ether oxygens (including phenoxy) is 1. The SMILES string of the molecule is CCc1nc(Cl)c2n1CCN(C(=O)OC(C)(C)C)C2CCc1ccc(C(F)(F)F)c(F)c1. The molecule has 0 radical (unpaired) electrons. The quantitative estimate of drug-likeness (QED) is 0.496. The summed E-state index contributed by atoms with van der Waals surface area (Å²) in [5.74, 6) is -0.529. The van der Waals surface area contributed by atoms with Crippen LogP contribution < -0.4 is 0 Å². The maximum atomic E-state index is 14.0. The third-order valence-corrected chi connectivity index (χ3v) is 5.57. The Morgan fingerprint density at radius 1 is 1.25 bits per heavy atom. The van der Waals surface area contributed by atoms with Gasteiger partial charge in [0.2, 0.25) is 0 Å². The van der Waals surface area contributed by atoms with Crippen LogP contribution in [0, 0.1) is 5.82 Å². The highest BCUT2D eigenvalue weighted by atomic mass is 35.5. The summed E-state index contributed by atoms with van der Waals surface area (Å²) in [7, 11) is 0. The minimum atomic E-state index is -4.75. The van der Waals surface area contributed by atoms with E-state index in [9.17, 15) is 22.4 Å². The zero-order valence-electron chi connectivity index (χ0n) is 18.4. The molecule has 0 saturated heterocycles. The van der Waals surface area contributed by atoms with E-state index >= 15 is 0 Å². The second-order valence-electron chi connectivity index (χ2n) is 8.75. The van der Waals surface area contributed by atoms with Gasteiger partial charge in [-0.15, -0.1) is 0 Å². The molecule has 0 spiro atoms. The van der Waals surface area contributed by atoms with Crippen LogP contribution in [-0.4, -0.2) is 32.7 Å². The summed E-state index contributed by atoms with van der Waals surface area (Å²) in [5, 5.41) is 0.277. The van der Waals surface area contributed by atoms with E-state index in [1.165, 1.54) is 6.07 Å². The van der Waals surface area contributed by atoms with Crippen molar-refractivity contribution in [1.29, 1.82) is 0 Å². The Morgan fingerprint density at radius 2 is 1.94 bits per heavy atom. The van der Waals surface area contributed by atoms with Crippen molar-refractivity contribution in [2.24, 2.45) is 0 Å². The molecule has 2 heterocycles. The molecule has 3 rings (SSSR count). The summed E-state index contributed by atoms with van der Waals surface area (Å²) in [4.78, 5) is 18.9. The third kappa shape index (κ3) is 5.19. The van der Waals surface area contributed by atoms with Crippen LogP contribution in [0.5, 0.6) is 0 Å². The molecule has 0 bridgehead atoms. The molecule has 5 nitrogen and oxygen atoms in total. The van der Waals surface area contributed by atoms with Crippen LogP contribution in [0.3, 0.4) is 0 Å². The van der Waals surface area contributed by atoms with Gasteiger partial charge in [0.25, 0.3) is 0 Å². The van der Waals surface area contributed by atoms with Crippen LogP contribution in [0.4, 0.5) is 22.4 Å². The lowest BCUT2D eigenvalue weighted by molar-refractivity contribution is -0.140. The van der Waals surface area contributed by atoms with Crippen molar-refractivity contribution in [2.45, 2.75) is 71.3 Å². The molecule has 1 unspecified atom stereocenters. The van der Waals surface area contributed by atoms with E-state index in [1.54, 1.807) is 25.7 Å². The van der Waals surface area contributed by atoms with E-state index in [2.05, 4.69) is 4.98 Å². The van der Waals surface area contributed by atoms with E-state index in [4.69, 9.17) is 16.3 Å². The molecule has 0 saturated carbocycles. The van der Waals surface area contributed by atoms with Gasteiger partial charge >= 0.3 is 12.3 Å². The van der Waals surface area contributed by atoms with Gasteiger partial charge in [-0.05, 0) is 51.3 Å². The van der Waals surface area contributed by atoms with Crippen LogP contribution in [0.1, 0.15) is 62.8 Å². The number of imidazole rings is 1.